The molecule has 110 valence electrons. The Morgan fingerprint density at radius 3 is 2.76 bits per heavy atom. The Balaban J connectivity index is 1.98. The van der Waals surface area contributed by atoms with Crippen molar-refractivity contribution in [1.29, 1.82) is 0 Å². The van der Waals surface area contributed by atoms with Crippen LogP contribution >= 0.6 is 11.6 Å². The molecule has 1 unspecified atom stereocenters. The van der Waals surface area contributed by atoms with E-state index in [1.165, 1.54) is 23.9 Å². The van der Waals surface area contributed by atoms with Crippen LogP contribution < -0.4 is 5.32 Å². The van der Waals surface area contributed by atoms with Gasteiger partial charge in [-0.1, -0.05) is 28.9 Å². The van der Waals surface area contributed by atoms with Crippen molar-refractivity contribution in [2.75, 3.05) is 0 Å². The van der Waals surface area contributed by atoms with Crippen LogP contribution in [0, 0.1) is 0 Å². The summed E-state index contributed by atoms with van der Waals surface area (Å²) in [5.41, 5.74) is 0.566. The van der Waals surface area contributed by atoms with E-state index in [2.05, 4.69) is 15.6 Å². The van der Waals surface area contributed by atoms with Crippen molar-refractivity contribution in [3.63, 3.8) is 0 Å². The Morgan fingerprint density at radius 1 is 1.43 bits per heavy atom. The standard InChI is InChI=1S/C13H13ClN4O3/c1-8(19)11-6-18(17-16-11)7-12(20)15-13(21)9-4-2-3-5-10(9)14/h2-6,8,19H,7H2,1H3,(H,15,20,21). The number of aliphatic hydroxyl groups is 1. The fourth-order valence-corrected chi connectivity index (χ4v) is 1.83. The normalized spacial score (nSPS) is 12.0. The number of nitrogens with one attached hydrogen (secondary N) is 1. The van der Waals surface area contributed by atoms with Gasteiger partial charge in [0.2, 0.25) is 5.91 Å². The minimum absolute atomic E-state index is 0.185. The molecular formula is C13H13ClN4O3. The van der Waals surface area contributed by atoms with Crippen molar-refractivity contribution in [1.82, 2.24) is 20.3 Å². The lowest BCUT2D eigenvalue weighted by Gasteiger charge is -2.05. The van der Waals surface area contributed by atoms with Gasteiger partial charge in [-0.15, -0.1) is 5.10 Å². The summed E-state index contributed by atoms with van der Waals surface area (Å²) in [4.78, 5) is 23.6. The third-order valence-electron chi connectivity index (χ3n) is 2.66. The number of nitrogens with zero attached hydrogens (tertiary/aromatic N) is 3. The van der Waals surface area contributed by atoms with Gasteiger partial charge in [-0.2, -0.15) is 0 Å². The van der Waals surface area contributed by atoms with Gasteiger partial charge in [-0.3, -0.25) is 14.9 Å². The number of aliphatic hydroxyl groups excluding tert-OH is 1. The molecule has 8 heteroatoms. The summed E-state index contributed by atoms with van der Waals surface area (Å²) in [6.45, 7) is 1.35. The van der Waals surface area contributed by atoms with Crippen LogP contribution in [-0.2, 0) is 11.3 Å². The predicted molar refractivity (Wildman–Crippen MR) is 74.6 cm³/mol. The molecule has 21 heavy (non-hydrogen) atoms. The zero-order valence-corrected chi connectivity index (χ0v) is 11.9. The monoisotopic (exact) mass is 308 g/mol. The van der Waals surface area contributed by atoms with Crippen LogP contribution in [0.15, 0.2) is 30.5 Å². The van der Waals surface area contributed by atoms with Gasteiger partial charge in [0.15, 0.2) is 0 Å². The SMILES string of the molecule is CC(O)c1cn(CC(=O)NC(=O)c2ccccc2Cl)nn1. The van der Waals surface area contributed by atoms with Crippen molar-refractivity contribution in [3.05, 3.63) is 46.7 Å². The molecule has 2 aromatic rings. The number of carbonyl (C=O) groups is 2. The molecule has 0 aliphatic carbocycles. The fourth-order valence-electron chi connectivity index (χ4n) is 1.61. The summed E-state index contributed by atoms with van der Waals surface area (Å²) in [5.74, 6) is -1.14. The molecule has 0 bridgehead atoms. The first-order valence-corrected chi connectivity index (χ1v) is 6.52. The van der Waals surface area contributed by atoms with Gasteiger partial charge in [-0.05, 0) is 19.1 Å². The first-order valence-electron chi connectivity index (χ1n) is 6.14. The Morgan fingerprint density at radius 2 is 2.14 bits per heavy atom. The van der Waals surface area contributed by atoms with Gasteiger partial charge in [0.25, 0.3) is 5.91 Å². The highest BCUT2D eigenvalue weighted by Gasteiger charge is 2.14. The maximum atomic E-state index is 11.9. The van der Waals surface area contributed by atoms with E-state index in [1.54, 1.807) is 18.2 Å². The van der Waals surface area contributed by atoms with Crippen molar-refractivity contribution in [2.45, 2.75) is 19.6 Å². The summed E-state index contributed by atoms with van der Waals surface area (Å²) in [5, 5.41) is 19.2. The third kappa shape index (κ3) is 3.87. The molecule has 0 aliphatic rings. The van der Waals surface area contributed by atoms with E-state index in [4.69, 9.17) is 11.6 Å². The third-order valence-corrected chi connectivity index (χ3v) is 2.99. The predicted octanol–water partition coefficient (Wildman–Crippen LogP) is 0.941. The van der Waals surface area contributed by atoms with E-state index in [0.29, 0.717) is 5.69 Å². The number of hydrogen-bond donors (Lipinski definition) is 2. The van der Waals surface area contributed by atoms with Gasteiger partial charge in [-0.25, -0.2) is 4.68 Å². The number of halogens is 1. The van der Waals surface area contributed by atoms with Gasteiger partial charge in [0, 0.05) is 0 Å². The number of aromatic nitrogens is 3. The Bertz CT molecular complexity index is 669. The molecule has 0 saturated heterocycles. The highest BCUT2D eigenvalue weighted by atomic mass is 35.5. The minimum atomic E-state index is -0.772. The summed E-state index contributed by atoms with van der Waals surface area (Å²) in [7, 11) is 0. The molecule has 1 atom stereocenters. The number of imide groups is 1. The molecule has 1 aromatic carbocycles. The number of benzene rings is 1. The quantitative estimate of drug-likeness (QED) is 0.876. The second kappa shape index (κ2) is 6.47. The summed E-state index contributed by atoms with van der Waals surface area (Å²) in [6, 6.07) is 6.42. The van der Waals surface area contributed by atoms with E-state index in [9.17, 15) is 14.7 Å². The molecule has 0 aliphatic heterocycles. The van der Waals surface area contributed by atoms with Gasteiger partial charge < -0.3 is 5.11 Å². The van der Waals surface area contributed by atoms with Gasteiger partial charge in [0.05, 0.1) is 22.9 Å². The van der Waals surface area contributed by atoms with Crippen LogP contribution in [0.4, 0.5) is 0 Å². The molecule has 0 spiro atoms. The summed E-state index contributed by atoms with van der Waals surface area (Å²) < 4.78 is 1.23. The molecule has 0 saturated carbocycles. The van der Waals surface area contributed by atoms with Crippen LogP contribution in [0.3, 0.4) is 0 Å². The second-order valence-electron chi connectivity index (χ2n) is 4.37. The van der Waals surface area contributed by atoms with Crippen LogP contribution in [0.5, 0.6) is 0 Å². The van der Waals surface area contributed by atoms with Gasteiger partial charge in [0.1, 0.15) is 12.2 Å². The first-order chi connectivity index (χ1) is 9.97. The van der Waals surface area contributed by atoms with Crippen LogP contribution in [0.2, 0.25) is 5.02 Å². The van der Waals surface area contributed by atoms with Gasteiger partial charge >= 0.3 is 0 Å². The molecule has 2 N–H and O–H groups in total. The maximum Gasteiger partial charge on any atom is 0.259 e. The van der Waals surface area contributed by atoms with Crippen molar-refractivity contribution in [2.24, 2.45) is 0 Å². The molecular weight excluding hydrogens is 296 g/mol. The first kappa shape index (κ1) is 15.1. The highest BCUT2D eigenvalue weighted by Crippen LogP contribution is 2.14. The zero-order chi connectivity index (χ0) is 15.4. The summed E-state index contributed by atoms with van der Waals surface area (Å²) >= 11 is 5.87. The molecule has 7 nitrogen and oxygen atoms in total. The van der Waals surface area contributed by atoms with Crippen LogP contribution in [0.1, 0.15) is 29.1 Å². The average molecular weight is 309 g/mol. The molecule has 1 heterocycles. The van der Waals surface area contributed by atoms with Crippen molar-refractivity contribution < 1.29 is 14.7 Å². The maximum absolute atomic E-state index is 11.9. The number of hydrogen-bond acceptors (Lipinski definition) is 5. The molecule has 0 fully saturated rings. The number of rotatable bonds is 4. The summed E-state index contributed by atoms with van der Waals surface area (Å²) in [6.07, 6.45) is 0.663. The van der Waals surface area contributed by atoms with E-state index in [1.807, 2.05) is 0 Å². The molecule has 2 rings (SSSR count). The van der Waals surface area contributed by atoms with E-state index >= 15 is 0 Å². The smallest absolute Gasteiger partial charge is 0.259 e. The zero-order valence-electron chi connectivity index (χ0n) is 11.2. The lowest BCUT2D eigenvalue weighted by molar-refractivity contribution is -0.120. The second-order valence-corrected chi connectivity index (χ2v) is 4.78. The molecule has 0 radical (unpaired) electrons. The van der Waals surface area contributed by atoms with Crippen molar-refractivity contribution in [3.8, 4) is 0 Å². The molecule has 1 aromatic heterocycles. The Kier molecular flexibility index (Phi) is 4.66. The lowest BCUT2D eigenvalue weighted by Crippen LogP contribution is -2.33. The fraction of sp³-hybridized carbons (Fsp3) is 0.231. The van der Waals surface area contributed by atoms with Crippen LogP contribution in [0.25, 0.3) is 0 Å². The number of amides is 2. The van der Waals surface area contributed by atoms with E-state index in [-0.39, 0.29) is 17.1 Å². The van der Waals surface area contributed by atoms with Crippen molar-refractivity contribution >= 4 is 23.4 Å². The van der Waals surface area contributed by atoms with E-state index < -0.39 is 17.9 Å². The average Bonchev–Trinajstić information content (AvgIpc) is 2.87. The number of carbonyl (C=O) groups excluding carboxylic acids is 2. The van der Waals surface area contributed by atoms with E-state index in [0.717, 1.165) is 0 Å². The topological polar surface area (TPSA) is 97.1 Å². The molecule has 2 amide bonds. The Hall–Kier alpha value is -2.25. The Labute approximate surface area is 125 Å². The van der Waals surface area contributed by atoms with Crippen LogP contribution in [-0.4, -0.2) is 31.9 Å². The lowest BCUT2D eigenvalue weighted by atomic mass is 10.2. The highest BCUT2D eigenvalue weighted by molar-refractivity contribution is 6.34. The minimum Gasteiger partial charge on any atom is -0.387 e. The largest absolute Gasteiger partial charge is 0.387 e.